The quantitative estimate of drug-likeness (QED) is 0.319. The van der Waals surface area contributed by atoms with E-state index < -0.39 is 6.10 Å². The SMILES string of the molecule is CCOC(=O)[C@@H]1CC[C@@]2(C)[C@@H](C1)C[C@H](C(=O)OCC)[C@@H]1[C@@H]2C[C@H](O)[C@]2(C)[C@@H]([C@H](C)CC(C)C(=O)OC)CC[C@@H]12. The highest BCUT2D eigenvalue weighted by Crippen LogP contribution is 2.70. The zero-order chi connectivity index (χ0) is 28.7. The molecule has 0 saturated heterocycles. The van der Waals surface area contributed by atoms with Gasteiger partial charge in [-0.1, -0.05) is 27.7 Å². The summed E-state index contributed by atoms with van der Waals surface area (Å²) in [5, 5.41) is 11.9. The van der Waals surface area contributed by atoms with Crippen molar-refractivity contribution in [2.45, 2.75) is 99.0 Å². The molecule has 12 atom stereocenters. The van der Waals surface area contributed by atoms with Crippen LogP contribution in [0.4, 0.5) is 0 Å². The van der Waals surface area contributed by atoms with Crippen LogP contribution in [0.25, 0.3) is 0 Å². The van der Waals surface area contributed by atoms with E-state index in [1.165, 1.54) is 7.11 Å². The molecule has 0 radical (unpaired) electrons. The van der Waals surface area contributed by atoms with Crippen LogP contribution in [0.1, 0.15) is 92.9 Å². The van der Waals surface area contributed by atoms with Gasteiger partial charge in [-0.15, -0.1) is 0 Å². The summed E-state index contributed by atoms with van der Waals surface area (Å²) in [5.41, 5.74) is -0.339. The molecule has 0 aromatic rings. The minimum atomic E-state index is -0.465. The van der Waals surface area contributed by atoms with Gasteiger partial charge in [-0.3, -0.25) is 14.4 Å². The Morgan fingerprint density at radius 3 is 2.23 bits per heavy atom. The predicted octanol–water partition coefficient (Wildman–Crippen LogP) is 5.42. The Morgan fingerprint density at radius 1 is 0.923 bits per heavy atom. The van der Waals surface area contributed by atoms with E-state index in [0.29, 0.717) is 19.6 Å². The number of fused-ring (bicyclic) bond motifs is 5. The fourth-order valence-corrected chi connectivity index (χ4v) is 10.2. The molecule has 1 unspecified atom stereocenters. The number of carbonyl (C=O) groups is 3. The standard InChI is InChI=1S/C32H52O7/c1-8-38-29(35)20-12-13-31(5)21(15-20)16-22(30(36)39-9-2)27-24-11-10-23(18(3)14-19(4)28(34)37-7)32(24,6)26(33)17-25(27)31/h18-27,33H,8-17H2,1-7H3/t18-,19?,20-,21+,22+,23-,24+,25+,26+,27+,31+,32-/m1/s1. The molecule has 4 rings (SSSR count). The van der Waals surface area contributed by atoms with Crippen molar-refractivity contribution in [2.75, 3.05) is 20.3 Å². The zero-order valence-corrected chi connectivity index (χ0v) is 25.2. The van der Waals surface area contributed by atoms with Crippen molar-refractivity contribution in [1.82, 2.24) is 0 Å². The van der Waals surface area contributed by atoms with Crippen LogP contribution < -0.4 is 0 Å². The summed E-state index contributed by atoms with van der Waals surface area (Å²) in [6.07, 6.45) is 6.15. The monoisotopic (exact) mass is 548 g/mol. The normalized spacial score (nSPS) is 42.8. The fraction of sp³-hybridized carbons (Fsp3) is 0.906. The van der Waals surface area contributed by atoms with E-state index >= 15 is 0 Å². The Labute approximate surface area is 235 Å². The van der Waals surface area contributed by atoms with Crippen molar-refractivity contribution < 1.29 is 33.7 Å². The molecule has 0 aromatic carbocycles. The maximum Gasteiger partial charge on any atom is 0.309 e. The number of aliphatic hydroxyl groups excluding tert-OH is 1. The zero-order valence-electron chi connectivity index (χ0n) is 25.2. The number of hydrogen-bond acceptors (Lipinski definition) is 7. The number of aliphatic hydroxyl groups is 1. The number of rotatable bonds is 8. The van der Waals surface area contributed by atoms with Crippen molar-refractivity contribution in [3.05, 3.63) is 0 Å². The summed E-state index contributed by atoms with van der Waals surface area (Å²) in [4.78, 5) is 38.4. The fourth-order valence-electron chi connectivity index (χ4n) is 10.2. The molecular weight excluding hydrogens is 496 g/mol. The van der Waals surface area contributed by atoms with Crippen LogP contribution >= 0.6 is 0 Å². The van der Waals surface area contributed by atoms with E-state index in [-0.39, 0.29) is 82.0 Å². The third-order valence-electron chi connectivity index (χ3n) is 12.1. The van der Waals surface area contributed by atoms with Gasteiger partial charge >= 0.3 is 17.9 Å². The van der Waals surface area contributed by atoms with Crippen LogP contribution in [0, 0.1) is 64.1 Å². The van der Waals surface area contributed by atoms with Gasteiger partial charge in [-0.2, -0.15) is 0 Å². The highest BCUT2D eigenvalue weighted by molar-refractivity contribution is 5.74. The number of ether oxygens (including phenoxy) is 3. The summed E-state index contributed by atoms with van der Waals surface area (Å²) >= 11 is 0. The number of esters is 3. The van der Waals surface area contributed by atoms with Crippen LogP contribution in [0.5, 0.6) is 0 Å². The first kappa shape index (κ1) is 30.3. The van der Waals surface area contributed by atoms with Gasteiger partial charge in [0.05, 0.1) is 44.2 Å². The second kappa shape index (κ2) is 11.7. The van der Waals surface area contributed by atoms with E-state index in [2.05, 4.69) is 20.8 Å². The Balaban J connectivity index is 1.65. The molecule has 4 aliphatic carbocycles. The van der Waals surface area contributed by atoms with Crippen LogP contribution in [0.2, 0.25) is 0 Å². The minimum absolute atomic E-state index is 0.0257. The van der Waals surface area contributed by atoms with Gasteiger partial charge < -0.3 is 19.3 Å². The lowest BCUT2D eigenvalue weighted by atomic mass is 9.41. The van der Waals surface area contributed by atoms with Crippen LogP contribution in [-0.4, -0.2) is 49.4 Å². The van der Waals surface area contributed by atoms with E-state index in [0.717, 1.165) is 44.9 Å². The third kappa shape index (κ3) is 5.15. The Morgan fingerprint density at radius 2 is 1.59 bits per heavy atom. The Hall–Kier alpha value is -1.63. The molecule has 1 N–H and O–H groups in total. The lowest BCUT2D eigenvalue weighted by molar-refractivity contribution is -0.202. The number of methoxy groups -OCH3 is 1. The average molecular weight is 549 g/mol. The lowest BCUT2D eigenvalue weighted by Gasteiger charge is -2.64. The Kier molecular flexibility index (Phi) is 9.10. The molecule has 222 valence electrons. The molecule has 7 heteroatoms. The van der Waals surface area contributed by atoms with Gasteiger partial charge in [0, 0.05) is 0 Å². The number of carbonyl (C=O) groups excluding carboxylic acids is 3. The molecule has 0 amide bonds. The second-order valence-corrected chi connectivity index (χ2v) is 13.7. The molecule has 4 saturated carbocycles. The summed E-state index contributed by atoms with van der Waals surface area (Å²) in [6, 6.07) is 0. The van der Waals surface area contributed by atoms with Crippen LogP contribution in [0.3, 0.4) is 0 Å². The van der Waals surface area contributed by atoms with Crippen molar-refractivity contribution in [3.8, 4) is 0 Å². The van der Waals surface area contributed by atoms with Crippen molar-refractivity contribution in [1.29, 1.82) is 0 Å². The molecule has 0 spiro atoms. The third-order valence-corrected chi connectivity index (χ3v) is 12.1. The Bertz CT molecular complexity index is 918. The summed E-state index contributed by atoms with van der Waals surface area (Å²) in [6.45, 7) is 13.2. The molecule has 0 bridgehead atoms. The van der Waals surface area contributed by atoms with Gasteiger partial charge in [0.15, 0.2) is 0 Å². The van der Waals surface area contributed by atoms with Crippen molar-refractivity contribution in [3.63, 3.8) is 0 Å². The molecule has 0 aliphatic heterocycles. The average Bonchev–Trinajstić information content (AvgIpc) is 3.26. The largest absolute Gasteiger partial charge is 0.469 e. The lowest BCUT2D eigenvalue weighted by Crippen LogP contribution is -2.62. The smallest absolute Gasteiger partial charge is 0.309 e. The maximum absolute atomic E-state index is 13.6. The number of hydrogen-bond donors (Lipinski definition) is 1. The molecule has 0 heterocycles. The maximum atomic E-state index is 13.6. The molecule has 7 nitrogen and oxygen atoms in total. The van der Waals surface area contributed by atoms with Gasteiger partial charge in [-0.25, -0.2) is 0 Å². The predicted molar refractivity (Wildman–Crippen MR) is 147 cm³/mol. The van der Waals surface area contributed by atoms with E-state index in [9.17, 15) is 19.5 Å². The first-order chi connectivity index (χ1) is 18.4. The van der Waals surface area contributed by atoms with Gasteiger partial charge in [0.1, 0.15) is 0 Å². The van der Waals surface area contributed by atoms with Crippen LogP contribution in [0.15, 0.2) is 0 Å². The minimum Gasteiger partial charge on any atom is -0.469 e. The van der Waals surface area contributed by atoms with Crippen LogP contribution in [-0.2, 0) is 28.6 Å². The van der Waals surface area contributed by atoms with Gasteiger partial charge in [0.2, 0.25) is 0 Å². The van der Waals surface area contributed by atoms with Crippen molar-refractivity contribution in [2.24, 2.45) is 64.1 Å². The molecule has 4 aliphatic rings. The summed E-state index contributed by atoms with van der Waals surface area (Å²) < 4.78 is 16.1. The molecule has 39 heavy (non-hydrogen) atoms. The van der Waals surface area contributed by atoms with Gasteiger partial charge in [0.25, 0.3) is 0 Å². The topological polar surface area (TPSA) is 99.1 Å². The highest BCUT2D eigenvalue weighted by atomic mass is 16.5. The second-order valence-electron chi connectivity index (χ2n) is 13.7. The molecule has 4 fully saturated rings. The van der Waals surface area contributed by atoms with E-state index in [1.807, 2.05) is 20.8 Å². The first-order valence-corrected chi connectivity index (χ1v) is 15.5. The first-order valence-electron chi connectivity index (χ1n) is 15.5. The summed E-state index contributed by atoms with van der Waals surface area (Å²) in [5.74, 6) is 0.442. The molecule has 0 aromatic heterocycles. The van der Waals surface area contributed by atoms with Crippen molar-refractivity contribution >= 4 is 17.9 Å². The summed E-state index contributed by atoms with van der Waals surface area (Å²) in [7, 11) is 1.44. The highest BCUT2D eigenvalue weighted by Gasteiger charge is 2.67. The van der Waals surface area contributed by atoms with E-state index in [1.54, 1.807) is 0 Å². The molecular formula is C32H52O7. The van der Waals surface area contributed by atoms with Gasteiger partial charge in [-0.05, 0) is 112 Å². The van der Waals surface area contributed by atoms with E-state index in [4.69, 9.17) is 14.2 Å².